The molecule has 2 saturated heterocycles. The number of nitrogens with one attached hydrogen (secondary N) is 2. The first-order valence-electron chi connectivity index (χ1n) is 8.36. The Morgan fingerprint density at radius 2 is 1.84 bits per heavy atom. The standard InChI is InChI=1S/C18H20ClN3O3/c1-8-11-12(15(24)22(14(11)23)17(2,3)4)18(21-8)9-6-5-7-10(19)13(9)20-16(18)25/h5-8,11-12,21H,1-4H3,(H,20,25)/t8-,11+,12-,18-/m0/s1. The van der Waals surface area contributed by atoms with Gasteiger partial charge in [-0.1, -0.05) is 23.7 Å². The molecule has 132 valence electrons. The number of imide groups is 1. The molecule has 3 aliphatic rings. The van der Waals surface area contributed by atoms with Gasteiger partial charge in [-0.3, -0.25) is 24.6 Å². The average Bonchev–Trinajstić information content (AvgIpc) is 3.05. The smallest absolute Gasteiger partial charge is 0.250 e. The number of carbonyl (C=O) groups excluding carboxylic acids is 3. The predicted octanol–water partition coefficient (Wildman–Crippen LogP) is 1.88. The zero-order valence-corrected chi connectivity index (χ0v) is 15.3. The number of benzene rings is 1. The lowest BCUT2D eigenvalue weighted by molar-refractivity contribution is -0.147. The number of rotatable bonds is 0. The lowest BCUT2D eigenvalue weighted by atomic mass is 9.76. The third-order valence-electron chi connectivity index (χ3n) is 5.52. The van der Waals surface area contributed by atoms with Gasteiger partial charge in [0, 0.05) is 17.1 Å². The largest absolute Gasteiger partial charge is 0.323 e. The first-order chi connectivity index (χ1) is 11.6. The van der Waals surface area contributed by atoms with Crippen molar-refractivity contribution < 1.29 is 14.4 Å². The monoisotopic (exact) mass is 361 g/mol. The van der Waals surface area contributed by atoms with Gasteiger partial charge in [-0.15, -0.1) is 0 Å². The Labute approximate surface area is 150 Å². The first kappa shape index (κ1) is 16.5. The Bertz CT molecular complexity index is 831. The van der Waals surface area contributed by atoms with E-state index in [-0.39, 0.29) is 23.8 Å². The molecule has 25 heavy (non-hydrogen) atoms. The summed E-state index contributed by atoms with van der Waals surface area (Å²) in [6.07, 6.45) is 0. The van der Waals surface area contributed by atoms with Crippen molar-refractivity contribution in [1.29, 1.82) is 0 Å². The molecule has 1 spiro atoms. The molecule has 0 bridgehead atoms. The van der Waals surface area contributed by atoms with Gasteiger partial charge < -0.3 is 5.32 Å². The van der Waals surface area contributed by atoms with Gasteiger partial charge in [-0.05, 0) is 33.8 Å². The van der Waals surface area contributed by atoms with Gasteiger partial charge in [0.05, 0.1) is 22.5 Å². The highest BCUT2D eigenvalue weighted by molar-refractivity contribution is 6.35. The Morgan fingerprint density at radius 3 is 2.48 bits per heavy atom. The fraction of sp³-hybridized carbons (Fsp3) is 0.500. The number of fused-ring (bicyclic) bond motifs is 4. The van der Waals surface area contributed by atoms with Crippen molar-refractivity contribution in [3.05, 3.63) is 28.8 Å². The van der Waals surface area contributed by atoms with E-state index in [0.29, 0.717) is 16.3 Å². The van der Waals surface area contributed by atoms with Crippen LogP contribution in [0.2, 0.25) is 5.02 Å². The molecule has 6 nitrogen and oxygen atoms in total. The molecule has 0 unspecified atom stereocenters. The van der Waals surface area contributed by atoms with E-state index in [2.05, 4.69) is 10.6 Å². The van der Waals surface area contributed by atoms with E-state index in [4.69, 9.17) is 11.6 Å². The SMILES string of the molecule is C[C@@H]1N[C@]2(C(=O)Nc3c(Cl)cccc32)[C@@H]2C(=O)N(C(C)(C)C)C(=O)[C@H]12. The fourth-order valence-corrected chi connectivity index (χ4v) is 4.84. The summed E-state index contributed by atoms with van der Waals surface area (Å²) in [4.78, 5) is 40.5. The van der Waals surface area contributed by atoms with Crippen LogP contribution < -0.4 is 10.6 Å². The Balaban J connectivity index is 1.93. The van der Waals surface area contributed by atoms with Crippen molar-refractivity contribution in [2.75, 3.05) is 5.32 Å². The lowest BCUT2D eigenvalue weighted by Gasteiger charge is -2.34. The minimum Gasteiger partial charge on any atom is -0.323 e. The van der Waals surface area contributed by atoms with E-state index < -0.39 is 22.9 Å². The molecule has 4 atom stereocenters. The van der Waals surface area contributed by atoms with Crippen LogP contribution in [0, 0.1) is 11.8 Å². The molecular formula is C18H20ClN3O3. The molecule has 3 amide bonds. The number of para-hydroxylation sites is 1. The maximum atomic E-state index is 13.2. The van der Waals surface area contributed by atoms with Gasteiger partial charge in [0.15, 0.2) is 0 Å². The Morgan fingerprint density at radius 1 is 1.16 bits per heavy atom. The van der Waals surface area contributed by atoms with Gasteiger partial charge in [0.2, 0.25) is 17.7 Å². The second kappa shape index (κ2) is 4.83. The third-order valence-corrected chi connectivity index (χ3v) is 5.83. The van der Waals surface area contributed by atoms with Crippen LogP contribution in [-0.2, 0) is 19.9 Å². The van der Waals surface area contributed by atoms with E-state index >= 15 is 0 Å². The van der Waals surface area contributed by atoms with Gasteiger partial charge in [0.25, 0.3) is 0 Å². The van der Waals surface area contributed by atoms with Crippen LogP contribution in [0.25, 0.3) is 0 Å². The maximum absolute atomic E-state index is 13.2. The normalized spacial score (nSPS) is 33.9. The van der Waals surface area contributed by atoms with Crippen molar-refractivity contribution in [2.45, 2.75) is 44.8 Å². The Kier molecular flexibility index (Phi) is 3.19. The zero-order valence-electron chi connectivity index (χ0n) is 14.5. The van der Waals surface area contributed by atoms with Crippen LogP contribution >= 0.6 is 11.6 Å². The summed E-state index contributed by atoms with van der Waals surface area (Å²) in [5, 5.41) is 6.48. The second-order valence-electron chi connectivity index (χ2n) is 8.04. The number of hydrogen-bond donors (Lipinski definition) is 2. The number of nitrogens with zero attached hydrogens (tertiary/aromatic N) is 1. The molecule has 0 saturated carbocycles. The van der Waals surface area contributed by atoms with E-state index in [1.165, 1.54) is 4.90 Å². The van der Waals surface area contributed by atoms with Gasteiger partial charge in [-0.2, -0.15) is 0 Å². The summed E-state index contributed by atoms with van der Waals surface area (Å²) >= 11 is 6.24. The maximum Gasteiger partial charge on any atom is 0.250 e. The number of hydrogen-bond acceptors (Lipinski definition) is 4. The van der Waals surface area contributed by atoms with E-state index in [9.17, 15) is 14.4 Å². The summed E-state index contributed by atoms with van der Waals surface area (Å²) in [7, 11) is 0. The van der Waals surface area contributed by atoms with Crippen LogP contribution in [0.15, 0.2) is 18.2 Å². The molecule has 7 heteroatoms. The number of anilines is 1. The fourth-order valence-electron chi connectivity index (χ4n) is 4.62. The van der Waals surface area contributed by atoms with E-state index in [1.807, 2.05) is 27.7 Å². The topological polar surface area (TPSA) is 78.5 Å². The van der Waals surface area contributed by atoms with E-state index in [1.54, 1.807) is 18.2 Å². The van der Waals surface area contributed by atoms with Crippen molar-refractivity contribution in [2.24, 2.45) is 11.8 Å². The molecular weight excluding hydrogens is 342 g/mol. The molecule has 0 aromatic heterocycles. The highest BCUT2D eigenvalue weighted by Gasteiger charge is 2.70. The molecule has 0 radical (unpaired) electrons. The summed E-state index contributed by atoms with van der Waals surface area (Å²) in [5.41, 5.74) is -0.729. The summed E-state index contributed by atoms with van der Waals surface area (Å²) < 4.78 is 0. The quantitative estimate of drug-likeness (QED) is 0.691. The van der Waals surface area contributed by atoms with Crippen LogP contribution in [0.1, 0.15) is 33.3 Å². The van der Waals surface area contributed by atoms with Crippen LogP contribution in [-0.4, -0.2) is 34.2 Å². The van der Waals surface area contributed by atoms with Crippen LogP contribution in [0.5, 0.6) is 0 Å². The molecule has 4 rings (SSSR count). The molecule has 0 aliphatic carbocycles. The summed E-state index contributed by atoms with van der Waals surface area (Å²) in [5.74, 6) is -2.19. The summed E-state index contributed by atoms with van der Waals surface area (Å²) in [6.45, 7) is 7.33. The van der Waals surface area contributed by atoms with Crippen molar-refractivity contribution >= 4 is 35.0 Å². The zero-order chi connectivity index (χ0) is 18.3. The van der Waals surface area contributed by atoms with Crippen molar-refractivity contribution in [3.8, 4) is 0 Å². The number of likely N-dealkylation sites (tertiary alicyclic amines) is 1. The first-order valence-corrected chi connectivity index (χ1v) is 8.74. The highest BCUT2D eigenvalue weighted by atomic mass is 35.5. The molecule has 1 aromatic carbocycles. The minimum absolute atomic E-state index is 0.220. The Hall–Kier alpha value is -1.92. The molecule has 2 fully saturated rings. The highest BCUT2D eigenvalue weighted by Crippen LogP contribution is 2.54. The van der Waals surface area contributed by atoms with Crippen LogP contribution in [0.3, 0.4) is 0 Å². The number of amides is 3. The van der Waals surface area contributed by atoms with Gasteiger partial charge in [0.1, 0.15) is 5.54 Å². The summed E-state index contributed by atoms with van der Waals surface area (Å²) in [6, 6.07) is 4.94. The molecule has 3 heterocycles. The predicted molar refractivity (Wildman–Crippen MR) is 92.9 cm³/mol. The second-order valence-corrected chi connectivity index (χ2v) is 8.45. The van der Waals surface area contributed by atoms with Crippen molar-refractivity contribution in [3.63, 3.8) is 0 Å². The average molecular weight is 362 g/mol. The lowest BCUT2D eigenvalue weighted by Crippen LogP contribution is -2.55. The molecule has 1 aromatic rings. The van der Waals surface area contributed by atoms with Gasteiger partial charge >= 0.3 is 0 Å². The van der Waals surface area contributed by atoms with Crippen molar-refractivity contribution in [1.82, 2.24) is 10.2 Å². The number of carbonyl (C=O) groups is 3. The third kappa shape index (κ3) is 1.87. The minimum atomic E-state index is -1.25. The molecule has 3 aliphatic heterocycles. The van der Waals surface area contributed by atoms with Gasteiger partial charge in [-0.25, -0.2) is 0 Å². The number of halogens is 1. The van der Waals surface area contributed by atoms with E-state index in [0.717, 1.165) is 0 Å². The van der Waals surface area contributed by atoms with Crippen LogP contribution in [0.4, 0.5) is 5.69 Å². The molecule has 2 N–H and O–H groups in total.